The zero-order chi connectivity index (χ0) is 15.5. The van der Waals surface area contributed by atoms with Crippen molar-refractivity contribution in [2.75, 3.05) is 0 Å². The first-order valence-corrected chi connectivity index (χ1v) is 7.40. The van der Waals surface area contributed by atoms with Crippen LogP contribution in [0.2, 0.25) is 0 Å². The molecule has 0 radical (unpaired) electrons. The van der Waals surface area contributed by atoms with Crippen molar-refractivity contribution < 1.29 is 14.7 Å². The average Bonchev–Trinajstić information content (AvgIpc) is 3.02. The number of hydrogen-bond acceptors (Lipinski definition) is 4. The summed E-state index contributed by atoms with van der Waals surface area (Å²) in [6, 6.07) is 5.86. The van der Waals surface area contributed by atoms with E-state index >= 15 is 0 Å². The van der Waals surface area contributed by atoms with Crippen molar-refractivity contribution in [2.24, 2.45) is 0 Å². The number of nitrogens with one attached hydrogen (secondary N) is 1. The van der Waals surface area contributed by atoms with Crippen molar-refractivity contribution in [1.29, 1.82) is 0 Å². The van der Waals surface area contributed by atoms with Crippen molar-refractivity contribution in [2.45, 2.75) is 25.8 Å². The highest BCUT2D eigenvalue weighted by molar-refractivity contribution is 7.09. The molecule has 1 atom stereocenters. The van der Waals surface area contributed by atoms with Gasteiger partial charge in [0.25, 0.3) is 5.91 Å². The third kappa shape index (κ3) is 3.28. The molecule has 1 aromatic heterocycles. The minimum atomic E-state index is -1.01. The van der Waals surface area contributed by atoms with Gasteiger partial charge in [0.15, 0.2) is 0 Å². The largest absolute Gasteiger partial charge is 0.478 e. The van der Waals surface area contributed by atoms with Gasteiger partial charge in [0, 0.05) is 17.1 Å². The summed E-state index contributed by atoms with van der Waals surface area (Å²) < 4.78 is 0. The van der Waals surface area contributed by atoms with Gasteiger partial charge in [-0.15, -0.1) is 11.3 Å². The lowest BCUT2D eigenvalue weighted by atomic mass is 9.99. The van der Waals surface area contributed by atoms with Crippen LogP contribution in [0.5, 0.6) is 0 Å². The van der Waals surface area contributed by atoms with Crippen molar-refractivity contribution in [3.05, 3.63) is 52.0 Å². The maximum atomic E-state index is 12.3. The van der Waals surface area contributed by atoms with E-state index in [-0.39, 0.29) is 11.5 Å². The van der Waals surface area contributed by atoms with Crippen LogP contribution in [-0.4, -0.2) is 22.0 Å². The summed E-state index contributed by atoms with van der Waals surface area (Å²) in [5.41, 5.74) is 0.0532. The second-order valence-corrected chi connectivity index (χ2v) is 5.75. The van der Waals surface area contributed by atoms with E-state index in [0.717, 1.165) is 5.01 Å². The molecule has 0 aliphatic rings. The summed E-state index contributed by atoms with van der Waals surface area (Å²) in [6.07, 6.45) is 2.42. The van der Waals surface area contributed by atoms with Gasteiger partial charge in [-0.25, -0.2) is 9.78 Å². The second-order valence-electron chi connectivity index (χ2n) is 4.86. The molecule has 1 unspecified atom stereocenters. The highest BCUT2D eigenvalue weighted by Gasteiger charge is 2.29. The van der Waals surface area contributed by atoms with Crippen LogP contribution in [0.4, 0.5) is 0 Å². The number of rotatable bonds is 5. The van der Waals surface area contributed by atoms with Crippen LogP contribution in [0, 0.1) is 0 Å². The molecule has 0 bridgehead atoms. The van der Waals surface area contributed by atoms with Crippen LogP contribution in [0.3, 0.4) is 0 Å². The predicted octanol–water partition coefficient (Wildman–Crippen LogP) is 2.90. The fourth-order valence-electron chi connectivity index (χ4n) is 1.88. The Bertz CT molecular complexity index is 637. The minimum absolute atomic E-state index is 0.157. The van der Waals surface area contributed by atoms with Gasteiger partial charge in [-0.3, -0.25) is 4.79 Å². The molecular weight excluding hydrogens is 288 g/mol. The highest BCUT2D eigenvalue weighted by Crippen LogP contribution is 2.26. The predicted molar refractivity (Wildman–Crippen MR) is 80.6 cm³/mol. The van der Waals surface area contributed by atoms with Crippen LogP contribution in [-0.2, 0) is 5.54 Å². The normalized spacial score (nSPS) is 13.4. The van der Waals surface area contributed by atoms with E-state index in [1.807, 2.05) is 19.2 Å². The molecule has 0 aliphatic heterocycles. The number of hydrogen-bond donors (Lipinski definition) is 2. The fourth-order valence-corrected chi connectivity index (χ4v) is 2.70. The molecule has 0 aliphatic carbocycles. The van der Waals surface area contributed by atoms with Crippen molar-refractivity contribution in [3.8, 4) is 0 Å². The van der Waals surface area contributed by atoms with Gasteiger partial charge in [-0.2, -0.15) is 0 Å². The van der Waals surface area contributed by atoms with Gasteiger partial charge in [-0.05, 0) is 37.6 Å². The Morgan fingerprint density at radius 3 is 2.38 bits per heavy atom. The molecule has 1 heterocycles. The average molecular weight is 304 g/mol. The highest BCUT2D eigenvalue weighted by atomic mass is 32.1. The molecule has 5 nitrogen and oxygen atoms in total. The molecule has 0 spiro atoms. The number of nitrogens with zero attached hydrogens (tertiary/aromatic N) is 1. The standard InChI is InChI=1S/C15H16N2O3S/c1-3-15(2,14-16-8-9-21-14)17-12(18)10-4-6-11(7-5-10)13(19)20/h4-9H,3H2,1-2H3,(H,17,18)(H,19,20). The maximum Gasteiger partial charge on any atom is 0.335 e. The van der Waals surface area contributed by atoms with Gasteiger partial charge in [0.1, 0.15) is 5.01 Å². The quantitative estimate of drug-likeness (QED) is 0.890. The fraction of sp³-hybridized carbons (Fsp3) is 0.267. The molecular formula is C15H16N2O3S. The minimum Gasteiger partial charge on any atom is -0.478 e. The number of aromatic nitrogens is 1. The first-order valence-electron chi connectivity index (χ1n) is 6.52. The first kappa shape index (κ1) is 15.2. The number of carbonyl (C=O) groups excluding carboxylic acids is 1. The molecule has 2 rings (SSSR count). The van der Waals surface area contributed by atoms with Gasteiger partial charge >= 0.3 is 5.97 Å². The van der Waals surface area contributed by atoms with E-state index in [2.05, 4.69) is 10.3 Å². The Morgan fingerprint density at radius 2 is 1.90 bits per heavy atom. The lowest BCUT2D eigenvalue weighted by Gasteiger charge is -2.27. The maximum absolute atomic E-state index is 12.3. The van der Waals surface area contributed by atoms with Crippen LogP contribution in [0.15, 0.2) is 35.8 Å². The third-order valence-electron chi connectivity index (χ3n) is 3.39. The number of carboxylic acid groups (broad SMARTS) is 1. The summed E-state index contributed by atoms with van der Waals surface area (Å²) in [7, 11) is 0. The zero-order valence-electron chi connectivity index (χ0n) is 11.8. The molecule has 110 valence electrons. The number of aromatic carboxylic acids is 1. The molecule has 0 saturated carbocycles. The lowest BCUT2D eigenvalue weighted by molar-refractivity contribution is 0.0696. The summed E-state index contributed by atoms with van der Waals surface area (Å²) >= 11 is 1.49. The third-order valence-corrected chi connectivity index (χ3v) is 4.43. The van der Waals surface area contributed by atoms with E-state index in [4.69, 9.17) is 5.11 Å². The van der Waals surface area contributed by atoms with Crippen molar-refractivity contribution >= 4 is 23.2 Å². The van der Waals surface area contributed by atoms with Crippen LogP contribution < -0.4 is 5.32 Å². The molecule has 1 amide bonds. The topological polar surface area (TPSA) is 79.3 Å². The van der Waals surface area contributed by atoms with E-state index in [1.54, 1.807) is 6.20 Å². The van der Waals surface area contributed by atoms with Crippen LogP contribution in [0.25, 0.3) is 0 Å². The van der Waals surface area contributed by atoms with E-state index < -0.39 is 11.5 Å². The summed E-state index contributed by atoms with van der Waals surface area (Å²) in [6.45, 7) is 3.91. The van der Waals surface area contributed by atoms with E-state index in [1.165, 1.54) is 35.6 Å². The number of benzene rings is 1. The number of amides is 1. The molecule has 0 fully saturated rings. The Morgan fingerprint density at radius 1 is 1.29 bits per heavy atom. The molecule has 2 N–H and O–H groups in total. The number of carboxylic acids is 1. The SMILES string of the molecule is CCC(C)(NC(=O)c1ccc(C(=O)O)cc1)c1nccs1. The zero-order valence-corrected chi connectivity index (χ0v) is 12.6. The Labute approximate surface area is 126 Å². The van der Waals surface area contributed by atoms with E-state index in [9.17, 15) is 9.59 Å². The Kier molecular flexibility index (Phi) is 4.37. The monoisotopic (exact) mass is 304 g/mol. The summed E-state index contributed by atoms with van der Waals surface area (Å²) in [4.78, 5) is 27.4. The van der Waals surface area contributed by atoms with E-state index in [0.29, 0.717) is 12.0 Å². The smallest absolute Gasteiger partial charge is 0.335 e. The van der Waals surface area contributed by atoms with Gasteiger partial charge < -0.3 is 10.4 Å². The van der Waals surface area contributed by atoms with Gasteiger partial charge in [0.2, 0.25) is 0 Å². The first-order chi connectivity index (χ1) is 9.96. The van der Waals surface area contributed by atoms with Gasteiger partial charge in [0.05, 0.1) is 11.1 Å². The molecule has 2 aromatic rings. The molecule has 1 aromatic carbocycles. The Hall–Kier alpha value is -2.21. The molecule has 21 heavy (non-hydrogen) atoms. The summed E-state index contributed by atoms with van der Waals surface area (Å²) in [5, 5.41) is 14.5. The van der Waals surface area contributed by atoms with Crippen molar-refractivity contribution in [1.82, 2.24) is 10.3 Å². The Balaban J connectivity index is 2.18. The number of carbonyl (C=O) groups is 2. The molecule has 6 heteroatoms. The van der Waals surface area contributed by atoms with Crippen LogP contribution in [0.1, 0.15) is 46.0 Å². The lowest BCUT2D eigenvalue weighted by Crippen LogP contribution is -2.43. The second kappa shape index (κ2) is 6.05. The van der Waals surface area contributed by atoms with Crippen LogP contribution >= 0.6 is 11.3 Å². The summed E-state index contributed by atoms with van der Waals surface area (Å²) in [5.74, 6) is -1.25. The molecule has 0 saturated heterocycles. The van der Waals surface area contributed by atoms with Gasteiger partial charge in [-0.1, -0.05) is 6.92 Å². The number of thiazole rings is 1. The van der Waals surface area contributed by atoms with Crippen molar-refractivity contribution in [3.63, 3.8) is 0 Å².